The normalized spacial score (nSPS) is 12.5. The molecule has 506 valence electrons. The van der Waals surface area contributed by atoms with Crippen molar-refractivity contribution in [1.82, 2.24) is 5.32 Å². The highest BCUT2D eigenvalue weighted by atomic mass is 16.5. The van der Waals surface area contributed by atoms with E-state index in [1.165, 1.54) is 385 Å². The Morgan fingerprint density at radius 3 is 0.835 bits per heavy atom. The van der Waals surface area contributed by atoms with Crippen molar-refractivity contribution in [1.29, 1.82) is 0 Å². The first-order valence-electron chi connectivity index (χ1n) is 39.4. The van der Waals surface area contributed by atoms with E-state index in [1.54, 1.807) is 0 Å². The van der Waals surface area contributed by atoms with Crippen molar-refractivity contribution in [2.45, 2.75) is 469 Å². The zero-order valence-electron chi connectivity index (χ0n) is 58.1. The monoisotopic (exact) mass is 1200 g/mol. The van der Waals surface area contributed by atoms with Gasteiger partial charge in [-0.2, -0.15) is 0 Å². The molecule has 0 aliphatic rings. The second kappa shape index (κ2) is 75.1. The van der Waals surface area contributed by atoms with Crippen molar-refractivity contribution >= 4 is 11.9 Å². The van der Waals surface area contributed by atoms with Gasteiger partial charge in [0.25, 0.3) is 0 Å². The van der Waals surface area contributed by atoms with Gasteiger partial charge in [-0.25, -0.2) is 0 Å². The van der Waals surface area contributed by atoms with Gasteiger partial charge in [0.15, 0.2) is 0 Å². The fraction of sp³-hybridized carbons (Fsp3) is 0.949. The van der Waals surface area contributed by atoms with E-state index < -0.39 is 12.1 Å². The molecule has 0 rings (SSSR count). The molecule has 0 aliphatic carbocycles. The maximum absolute atomic E-state index is 12.6. The quantitative estimate of drug-likeness (QED) is 0.0320. The number of esters is 1. The number of carbonyl (C=O) groups excluding carboxylic acids is 2. The molecule has 6 nitrogen and oxygen atoms in total. The molecule has 0 heterocycles. The number of aliphatic hydroxyl groups is 2. The number of hydrogen-bond donors (Lipinski definition) is 3. The minimum atomic E-state index is -0.664. The first kappa shape index (κ1) is 83.6. The molecule has 0 aromatic carbocycles. The summed E-state index contributed by atoms with van der Waals surface area (Å²) in [5, 5.41) is 23.5. The number of ether oxygens (including phenoxy) is 1. The van der Waals surface area contributed by atoms with Gasteiger partial charge in [-0.15, -0.1) is 0 Å². The molecule has 2 atom stereocenters. The van der Waals surface area contributed by atoms with Crippen molar-refractivity contribution in [3.63, 3.8) is 0 Å². The Morgan fingerprint density at radius 1 is 0.318 bits per heavy atom. The lowest BCUT2D eigenvalue weighted by molar-refractivity contribution is -0.143. The third-order valence-corrected chi connectivity index (χ3v) is 18.8. The number of rotatable bonds is 75. The van der Waals surface area contributed by atoms with Crippen LogP contribution in [0.5, 0.6) is 0 Å². The fourth-order valence-electron chi connectivity index (χ4n) is 12.8. The highest BCUT2D eigenvalue weighted by Crippen LogP contribution is 2.20. The number of aliphatic hydroxyl groups excluding tert-OH is 2. The summed E-state index contributed by atoms with van der Waals surface area (Å²) >= 11 is 0. The van der Waals surface area contributed by atoms with Crippen LogP contribution in [0.25, 0.3) is 0 Å². The van der Waals surface area contributed by atoms with Crippen LogP contribution in [0.2, 0.25) is 0 Å². The molecule has 1 amide bonds. The van der Waals surface area contributed by atoms with Crippen molar-refractivity contribution in [3.8, 4) is 0 Å². The largest absolute Gasteiger partial charge is 0.466 e. The second-order valence-electron chi connectivity index (χ2n) is 27.4. The fourth-order valence-corrected chi connectivity index (χ4v) is 12.8. The minimum Gasteiger partial charge on any atom is -0.466 e. The van der Waals surface area contributed by atoms with Gasteiger partial charge in [0.2, 0.25) is 5.91 Å². The van der Waals surface area contributed by atoms with Crippen LogP contribution in [0.15, 0.2) is 12.2 Å². The van der Waals surface area contributed by atoms with Gasteiger partial charge < -0.3 is 20.3 Å². The summed E-state index contributed by atoms with van der Waals surface area (Å²) in [6, 6.07) is -0.541. The lowest BCUT2D eigenvalue weighted by Gasteiger charge is -2.22. The number of carbonyl (C=O) groups is 2. The Morgan fingerprint density at radius 2 is 0.553 bits per heavy atom. The average molecular weight is 1200 g/mol. The van der Waals surface area contributed by atoms with Crippen LogP contribution in [0, 0.1) is 0 Å². The Hall–Kier alpha value is -1.40. The molecule has 0 saturated heterocycles. The summed E-state index contributed by atoms with van der Waals surface area (Å²) in [6.07, 6.45) is 94.4. The SMILES string of the molecule is CCCCCCCCCCCCCCCCCCCCCCCCCCCC(O)C(CO)NC(=O)CCCCCCCCCCCCCCCCC/C=C\CCCCCCCCCCCCCCOC(=O)CCCCCCCCCCCCCC. The summed E-state index contributed by atoms with van der Waals surface area (Å²) in [4.78, 5) is 24.6. The standard InChI is InChI=1S/C79H155NO5/c1-3-5-7-9-11-13-15-17-18-19-20-21-22-30-33-36-39-42-45-48-51-55-59-63-67-71-77(82)76(75-81)80-78(83)72-68-64-60-56-52-49-46-43-40-37-34-31-28-26-24-23-25-27-29-32-35-38-41-44-47-50-54-58-62-66-70-74-85-79(84)73-69-65-61-57-53-16-14-12-10-8-6-4-2/h25,27,76-77,81-82H,3-24,26,28-75H2,1-2H3,(H,80,83)/b27-25-. The van der Waals surface area contributed by atoms with E-state index in [9.17, 15) is 19.8 Å². The first-order valence-corrected chi connectivity index (χ1v) is 39.4. The molecule has 0 aromatic heterocycles. The van der Waals surface area contributed by atoms with Crippen molar-refractivity contribution in [3.05, 3.63) is 12.2 Å². The summed E-state index contributed by atoms with van der Waals surface area (Å²) in [5.74, 6) is -0.00700. The van der Waals surface area contributed by atoms with E-state index in [2.05, 4.69) is 31.3 Å². The van der Waals surface area contributed by atoms with Crippen LogP contribution >= 0.6 is 0 Å². The van der Waals surface area contributed by atoms with Crippen LogP contribution in [0.1, 0.15) is 457 Å². The predicted molar refractivity (Wildman–Crippen MR) is 375 cm³/mol. The van der Waals surface area contributed by atoms with Gasteiger partial charge >= 0.3 is 5.97 Å². The Balaban J connectivity index is 3.36. The minimum absolute atomic E-state index is 0.0196. The van der Waals surface area contributed by atoms with Gasteiger partial charge in [-0.1, -0.05) is 405 Å². The van der Waals surface area contributed by atoms with Crippen molar-refractivity contribution < 1.29 is 24.5 Å². The summed E-state index contributed by atoms with van der Waals surface area (Å²) in [5.41, 5.74) is 0. The van der Waals surface area contributed by atoms with Gasteiger partial charge in [-0.3, -0.25) is 9.59 Å². The molecule has 0 aromatic rings. The Kier molecular flexibility index (Phi) is 73.8. The predicted octanol–water partition coefficient (Wildman–Crippen LogP) is 25.9. The molecule has 6 heteroatoms. The van der Waals surface area contributed by atoms with Gasteiger partial charge in [0.05, 0.1) is 25.4 Å². The molecule has 0 aliphatic heterocycles. The summed E-state index contributed by atoms with van der Waals surface area (Å²) < 4.78 is 5.49. The molecular formula is C79H155NO5. The lowest BCUT2D eigenvalue weighted by Crippen LogP contribution is -2.45. The van der Waals surface area contributed by atoms with Crippen molar-refractivity contribution in [2.24, 2.45) is 0 Å². The molecule has 3 N–H and O–H groups in total. The van der Waals surface area contributed by atoms with Crippen LogP contribution < -0.4 is 5.32 Å². The number of amides is 1. The average Bonchev–Trinajstić information content (AvgIpc) is 3.53. The van der Waals surface area contributed by atoms with E-state index >= 15 is 0 Å². The zero-order valence-corrected chi connectivity index (χ0v) is 58.1. The number of nitrogens with one attached hydrogen (secondary N) is 1. The van der Waals surface area contributed by atoms with Gasteiger partial charge in [-0.05, 0) is 51.4 Å². The van der Waals surface area contributed by atoms with Crippen molar-refractivity contribution in [2.75, 3.05) is 13.2 Å². The third kappa shape index (κ3) is 71.6. The van der Waals surface area contributed by atoms with Crippen LogP contribution in [0.4, 0.5) is 0 Å². The molecule has 0 spiro atoms. The van der Waals surface area contributed by atoms with E-state index in [1.807, 2.05) is 0 Å². The lowest BCUT2D eigenvalue weighted by atomic mass is 10.0. The Labute approximate surface area is 533 Å². The third-order valence-electron chi connectivity index (χ3n) is 18.8. The molecule has 85 heavy (non-hydrogen) atoms. The maximum atomic E-state index is 12.6. The molecule has 0 bridgehead atoms. The molecule has 0 fully saturated rings. The molecular weight excluding hydrogens is 1040 g/mol. The van der Waals surface area contributed by atoms with Crippen LogP contribution in [-0.4, -0.2) is 47.4 Å². The topological polar surface area (TPSA) is 95.9 Å². The first-order chi connectivity index (χ1) is 42.0. The molecule has 2 unspecified atom stereocenters. The summed E-state index contributed by atoms with van der Waals surface area (Å²) in [6.45, 7) is 5.01. The van der Waals surface area contributed by atoms with Crippen LogP contribution in [0.3, 0.4) is 0 Å². The zero-order chi connectivity index (χ0) is 61.3. The molecule has 0 saturated carbocycles. The Bertz CT molecular complexity index is 1290. The van der Waals surface area contributed by atoms with E-state index in [-0.39, 0.29) is 18.5 Å². The van der Waals surface area contributed by atoms with Gasteiger partial charge in [0, 0.05) is 12.8 Å². The number of allylic oxidation sites excluding steroid dienone is 2. The van der Waals surface area contributed by atoms with E-state index in [0.717, 1.165) is 38.5 Å². The maximum Gasteiger partial charge on any atom is 0.305 e. The highest BCUT2D eigenvalue weighted by Gasteiger charge is 2.20. The molecule has 0 radical (unpaired) electrons. The summed E-state index contributed by atoms with van der Waals surface area (Å²) in [7, 11) is 0. The van der Waals surface area contributed by atoms with Crippen LogP contribution in [-0.2, 0) is 14.3 Å². The van der Waals surface area contributed by atoms with E-state index in [4.69, 9.17) is 4.74 Å². The number of unbranched alkanes of at least 4 members (excludes halogenated alkanes) is 62. The highest BCUT2D eigenvalue weighted by molar-refractivity contribution is 5.76. The van der Waals surface area contributed by atoms with Gasteiger partial charge in [0.1, 0.15) is 0 Å². The second-order valence-corrected chi connectivity index (χ2v) is 27.4. The number of hydrogen-bond acceptors (Lipinski definition) is 5. The van der Waals surface area contributed by atoms with E-state index in [0.29, 0.717) is 25.9 Å². The smallest absolute Gasteiger partial charge is 0.305 e.